The number of amides is 3. The van der Waals surface area contributed by atoms with Gasteiger partial charge in [-0.2, -0.15) is 0 Å². The molecule has 182 valence electrons. The maximum absolute atomic E-state index is 13.5. The van der Waals surface area contributed by atoms with Crippen LogP contribution < -0.4 is 26.6 Å². The van der Waals surface area contributed by atoms with Gasteiger partial charge in [0.1, 0.15) is 0 Å². The Balaban J connectivity index is 1.29. The molecule has 3 unspecified atom stereocenters. The Morgan fingerprint density at radius 3 is 2.80 bits per heavy atom. The minimum Gasteiger partial charge on any atom is -0.347 e. The molecule has 9 heteroatoms. The fourth-order valence-corrected chi connectivity index (χ4v) is 7.23. The molecule has 2 saturated heterocycles. The molecule has 8 nitrogen and oxygen atoms in total. The molecule has 5 N–H and O–H groups in total. The van der Waals surface area contributed by atoms with Crippen LogP contribution in [0.5, 0.6) is 0 Å². The largest absolute Gasteiger partial charge is 0.347 e. The first-order chi connectivity index (χ1) is 17.1. The van der Waals surface area contributed by atoms with Crippen LogP contribution in [-0.4, -0.2) is 47.0 Å². The third kappa shape index (κ3) is 4.11. The van der Waals surface area contributed by atoms with E-state index in [9.17, 15) is 9.59 Å². The van der Waals surface area contributed by atoms with Gasteiger partial charge in [-0.1, -0.05) is 54.9 Å². The molecular formula is C26H30N6O2S. The SMILES string of the molecule is N[C@H]1CCCC[C@H]1NC(=O)C1=C2NC(=O)N(c3ccnc(-c4ccccc4)c3)C3CCNC(S1)C23. The van der Waals surface area contributed by atoms with E-state index in [1.807, 2.05) is 47.4 Å². The van der Waals surface area contributed by atoms with E-state index in [1.165, 1.54) is 11.8 Å². The number of rotatable bonds is 4. The van der Waals surface area contributed by atoms with Crippen LogP contribution in [0.3, 0.4) is 0 Å². The molecule has 3 fully saturated rings. The quantitative estimate of drug-likeness (QED) is 0.524. The summed E-state index contributed by atoms with van der Waals surface area (Å²) in [4.78, 5) is 33.8. The minimum absolute atomic E-state index is 0.0136. The van der Waals surface area contributed by atoms with Crippen molar-refractivity contribution in [1.82, 2.24) is 20.9 Å². The lowest BCUT2D eigenvalue weighted by molar-refractivity contribution is -0.117. The molecule has 0 spiro atoms. The Morgan fingerprint density at radius 2 is 1.97 bits per heavy atom. The van der Waals surface area contributed by atoms with Gasteiger partial charge < -0.3 is 21.7 Å². The number of nitrogens with zero attached hydrogens (tertiary/aromatic N) is 2. The number of hydrogen-bond acceptors (Lipinski definition) is 6. The van der Waals surface area contributed by atoms with Crippen LogP contribution in [0, 0.1) is 5.92 Å². The normalized spacial score (nSPS) is 30.0. The van der Waals surface area contributed by atoms with Crippen LogP contribution in [0.1, 0.15) is 32.1 Å². The van der Waals surface area contributed by atoms with Crippen molar-refractivity contribution in [3.8, 4) is 11.3 Å². The number of anilines is 1. The zero-order valence-electron chi connectivity index (χ0n) is 19.4. The van der Waals surface area contributed by atoms with Crippen LogP contribution in [-0.2, 0) is 4.79 Å². The lowest BCUT2D eigenvalue weighted by Crippen LogP contribution is -2.62. The molecule has 1 saturated carbocycles. The number of thioether (sulfide) groups is 1. The zero-order chi connectivity index (χ0) is 23.9. The van der Waals surface area contributed by atoms with Crippen molar-refractivity contribution >= 4 is 29.4 Å². The first-order valence-corrected chi connectivity index (χ1v) is 13.3. The Morgan fingerprint density at radius 1 is 1.14 bits per heavy atom. The highest BCUT2D eigenvalue weighted by atomic mass is 32.2. The van der Waals surface area contributed by atoms with Gasteiger partial charge in [-0.15, -0.1) is 0 Å². The Bertz CT molecular complexity index is 1170. The maximum Gasteiger partial charge on any atom is 0.326 e. The summed E-state index contributed by atoms with van der Waals surface area (Å²) >= 11 is 1.53. The number of benzene rings is 1. The summed E-state index contributed by atoms with van der Waals surface area (Å²) in [5.74, 6) is -0.105. The lowest BCUT2D eigenvalue weighted by atomic mass is 9.86. The van der Waals surface area contributed by atoms with E-state index >= 15 is 0 Å². The number of urea groups is 1. The molecule has 3 amide bonds. The van der Waals surface area contributed by atoms with Gasteiger partial charge in [0.2, 0.25) is 0 Å². The van der Waals surface area contributed by atoms with E-state index in [0.29, 0.717) is 4.91 Å². The molecular weight excluding hydrogens is 460 g/mol. The predicted molar refractivity (Wildman–Crippen MR) is 137 cm³/mol. The third-order valence-corrected chi connectivity index (χ3v) is 8.93. The standard InChI is InChI=1S/C26H30N6O2S/c27-17-8-4-5-9-18(17)30-24(33)23-22-21-20(11-13-29-25(21)35-23)32(26(34)31-22)16-10-12-28-19(14-16)15-6-2-1-3-7-15/h1-3,6-7,10,12,14,17-18,20-21,25,29H,4-5,8-9,11,13,27H2,(H,30,33)(H,31,34)/t17-,18+,20?,21?,25?/m0/s1. The van der Waals surface area contributed by atoms with Gasteiger partial charge >= 0.3 is 6.03 Å². The number of nitrogens with one attached hydrogen (secondary N) is 3. The van der Waals surface area contributed by atoms with Gasteiger partial charge in [0.15, 0.2) is 0 Å². The number of carbonyl (C=O) groups is 2. The summed E-state index contributed by atoms with van der Waals surface area (Å²) in [6.45, 7) is 0.787. The Hall–Kier alpha value is -2.88. The monoisotopic (exact) mass is 490 g/mol. The third-order valence-electron chi connectivity index (χ3n) is 7.57. The van der Waals surface area contributed by atoms with Gasteiger partial charge in [-0.25, -0.2) is 4.79 Å². The molecule has 0 radical (unpaired) electrons. The highest BCUT2D eigenvalue weighted by Crippen LogP contribution is 2.48. The Kier molecular flexibility index (Phi) is 5.99. The van der Waals surface area contributed by atoms with Crippen molar-refractivity contribution < 1.29 is 9.59 Å². The van der Waals surface area contributed by atoms with Crippen LogP contribution in [0.2, 0.25) is 0 Å². The highest BCUT2D eigenvalue weighted by molar-refractivity contribution is 8.04. The molecule has 35 heavy (non-hydrogen) atoms. The molecule has 0 bridgehead atoms. The minimum atomic E-state index is -0.200. The summed E-state index contributed by atoms with van der Waals surface area (Å²) in [5, 5.41) is 9.85. The number of carbonyl (C=O) groups excluding carboxylic acids is 2. The highest BCUT2D eigenvalue weighted by Gasteiger charge is 2.51. The zero-order valence-corrected chi connectivity index (χ0v) is 20.3. The summed E-state index contributed by atoms with van der Waals surface area (Å²) in [5.41, 5.74) is 9.67. The van der Waals surface area contributed by atoms with Crippen LogP contribution in [0.15, 0.2) is 59.3 Å². The smallest absolute Gasteiger partial charge is 0.326 e. The van der Waals surface area contributed by atoms with Crippen LogP contribution in [0.25, 0.3) is 11.3 Å². The van der Waals surface area contributed by atoms with E-state index in [-0.39, 0.29) is 41.4 Å². The average molecular weight is 491 g/mol. The molecule has 2 aromatic rings. The summed E-state index contributed by atoms with van der Waals surface area (Å²) in [6, 6.07) is 13.6. The van der Waals surface area contributed by atoms with E-state index in [0.717, 1.165) is 61.3 Å². The van der Waals surface area contributed by atoms with Crippen molar-refractivity contribution in [1.29, 1.82) is 0 Å². The van der Waals surface area contributed by atoms with E-state index < -0.39 is 0 Å². The molecule has 4 aliphatic rings. The van der Waals surface area contributed by atoms with Crippen molar-refractivity contribution in [3.63, 3.8) is 0 Å². The molecule has 5 atom stereocenters. The summed E-state index contributed by atoms with van der Waals surface area (Å²) in [6.07, 6.45) is 6.59. The number of hydrogen-bond donors (Lipinski definition) is 4. The number of aromatic nitrogens is 1. The number of pyridine rings is 1. The van der Waals surface area contributed by atoms with Crippen LogP contribution >= 0.6 is 11.8 Å². The van der Waals surface area contributed by atoms with Crippen molar-refractivity contribution in [2.24, 2.45) is 11.7 Å². The lowest BCUT2D eigenvalue weighted by Gasteiger charge is -2.45. The second-order valence-corrected chi connectivity index (χ2v) is 10.9. The molecule has 1 aromatic heterocycles. The second-order valence-electron chi connectivity index (χ2n) is 9.71. The van der Waals surface area contributed by atoms with Crippen molar-refractivity contribution in [3.05, 3.63) is 59.3 Å². The van der Waals surface area contributed by atoms with Gasteiger partial charge in [0.25, 0.3) is 5.91 Å². The first kappa shape index (κ1) is 22.6. The van der Waals surface area contributed by atoms with Gasteiger partial charge in [0.05, 0.1) is 22.0 Å². The van der Waals surface area contributed by atoms with E-state index in [1.54, 1.807) is 6.20 Å². The van der Waals surface area contributed by atoms with Gasteiger partial charge in [0, 0.05) is 41.1 Å². The first-order valence-electron chi connectivity index (χ1n) is 12.4. The number of nitrogens with two attached hydrogens (primary N) is 1. The molecule has 4 heterocycles. The summed E-state index contributed by atoms with van der Waals surface area (Å²) in [7, 11) is 0. The fraction of sp³-hybridized carbons (Fsp3) is 0.423. The van der Waals surface area contributed by atoms with Crippen molar-refractivity contribution in [2.75, 3.05) is 11.4 Å². The summed E-state index contributed by atoms with van der Waals surface area (Å²) < 4.78 is 0. The Labute approximate surface area is 209 Å². The van der Waals surface area contributed by atoms with Gasteiger partial charge in [-0.3, -0.25) is 14.7 Å². The molecule has 1 aromatic carbocycles. The maximum atomic E-state index is 13.5. The number of piperidine rings is 1. The van der Waals surface area contributed by atoms with E-state index in [4.69, 9.17) is 5.73 Å². The van der Waals surface area contributed by atoms with Gasteiger partial charge in [-0.05, 0) is 37.9 Å². The van der Waals surface area contributed by atoms with Crippen molar-refractivity contribution in [2.45, 2.75) is 55.6 Å². The van der Waals surface area contributed by atoms with Crippen LogP contribution in [0.4, 0.5) is 10.5 Å². The molecule has 1 aliphatic carbocycles. The second kappa shape index (κ2) is 9.29. The molecule has 6 rings (SSSR count). The molecule has 3 aliphatic heterocycles. The average Bonchev–Trinajstić information content (AvgIpc) is 3.26. The van der Waals surface area contributed by atoms with E-state index in [2.05, 4.69) is 20.9 Å². The topological polar surface area (TPSA) is 112 Å². The predicted octanol–water partition coefficient (Wildman–Crippen LogP) is 2.93. The fourth-order valence-electron chi connectivity index (χ4n) is 5.83.